The predicted molar refractivity (Wildman–Crippen MR) is 105 cm³/mol. The third kappa shape index (κ3) is 4.48. The van der Waals surface area contributed by atoms with Gasteiger partial charge in [0.25, 0.3) is 5.69 Å². The van der Waals surface area contributed by atoms with E-state index in [-0.39, 0.29) is 37.0 Å². The summed E-state index contributed by atoms with van der Waals surface area (Å²) in [7, 11) is 0. The van der Waals surface area contributed by atoms with Crippen LogP contribution in [-0.4, -0.2) is 35.7 Å². The normalized spacial score (nSPS) is 16.0. The van der Waals surface area contributed by atoms with E-state index < -0.39 is 16.8 Å². The van der Waals surface area contributed by atoms with Crippen molar-refractivity contribution in [2.24, 2.45) is 5.92 Å². The van der Waals surface area contributed by atoms with Crippen LogP contribution >= 0.6 is 0 Å². The highest BCUT2D eigenvalue weighted by molar-refractivity contribution is 6.01. The Bertz CT molecular complexity index is 983. The fraction of sp³-hybridized carbons (Fsp3) is 0.286. The molecule has 0 aliphatic carbocycles. The van der Waals surface area contributed by atoms with Gasteiger partial charge in [-0.15, -0.1) is 0 Å². The van der Waals surface area contributed by atoms with Crippen molar-refractivity contribution in [3.05, 3.63) is 69.3 Å². The van der Waals surface area contributed by atoms with Gasteiger partial charge in [-0.1, -0.05) is 12.1 Å². The first-order valence-corrected chi connectivity index (χ1v) is 9.08. The molecule has 1 atom stereocenters. The summed E-state index contributed by atoms with van der Waals surface area (Å²) in [5.74, 6) is -1.88. The van der Waals surface area contributed by atoms with Crippen LogP contribution in [0.3, 0.4) is 0 Å². The van der Waals surface area contributed by atoms with Gasteiger partial charge in [0.2, 0.25) is 5.91 Å². The molecule has 150 valence electrons. The Morgan fingerprint density at radius 3 is 2.45 bits per heavy atom. The number of aryl methyl sites for hydroxylation is 2. The summed E-state index contributed by atoms with van der Waals surface area (Å²) < 4.78 is 5.14. The minimum Gasteiger partial charge on any atom is -0.457 e. The molecule has 0 radical (unpaired) electrons. The number of hydrogen-bond donors (Lipinski definition) is 0. The minimum absolute atomic E-state index is 0.0341. The first-order chi connectivity index (χ1) is 13.8. The van der Waals surface area contributed by atoms with E-state index in [1.54, 1.807) is 12.1 Å². The average molecular weight is 396 g/mol. The molecular formula is C21H20N2O6. The van der Waals surface area contributed by atoms with Crippen molar-refractivity contribution >= 4 is 29.0 Å². The fourth-order valence-electron chi connectivity index (χ4n) is 3.12. The van der Waals surface area contributed by atoms with Gasteiger partial charge in [-0.2, -0.15) is 0 Å². The number of Topliss-reactive ketones (excluding diaryl/α,β-unsaturated/α-hetero) is 1. The monoisotopic (exact) mass is 396 g/mol. The summed E-state index contributed by atoms with van der Waals surface area (Å²) in [6.45, 7) is 3.56. The molecule has 0 saturated carbocycles. The molecule has 1 amide bonds. The Balaban J connectivity index is 1.59. The van der Waals surface area contributed by atoms with Gasteiger partial charge in [-0.05, 0) is 43.2 Å². The summed E-state index contributed by atoms with van der Waals surface area (Å²) in [6, 6.07) is 10.8. The minimum atomic E-state index is -0.690. The van der Waals surface area contributed by atoms with E-state index in [2.05, 4.69) is 0 Å². The van der Waals surface area contributed by atoms with Gasteiger partial charge in [0.05, 0.1) is 10.8 Å². The fourth-order valence-corrected chi connectivity index (χ4v) is 3.12. The predicted octanol–water partition coefficient (Wildman–Crippen LogP) is 2.99. The lowest BCUT2D eigenvalue weighted by molar-refractivity contribution is -0.384. The Morgan fingerprint density at radius 1 is 1.14 bits per heavy atom. The van der Waals surface area contributed by atoms with E-state index in [1.807, 2.05) is 19.9 Å². The Morgan fingerprint density at radius 2 is 1.83 bits per heavy atom. The van der Waals surface area contributed by atoms with E-state index in [9.17, 15) is 24.5 Å². The van der Waals surface area contributed by atoms with Crippen LogP contribution in [0, 0.1) is 29.9 Å². The van der Waals surface area contributed by atoms with Crippen molar-refractivity contribution in [3.63, 3.8) is 0 Å². The molecule has 0 aromatic heterocycles. The number of carbonyl (C=O) groups excluding carboxylic acids is 3. The maximum Gasteiger partial charge on any atom is 0.311 e. The van der Waals surface area contributed by atoms with Crippen LogP contribution in [-0.2, 0) is 14.3 Å². The van der Waals surface area contributed by atoms with Crippen molar-refractivity contribution in [2.45, 2.75) is 20.3 Å². The summed E-state index contributed by atoms with van der Waals surface area (Å²) in [6.07, 6.45) is -0.0341. The van der Waals surface area contributed by atoms with Crippen molar-refractivity contribution < 1.29 is 24.0 Å². The van der Waals surface area contributed by atoms with Gasteiger partial charge in [-0.3, -0.25) is 24.5 Å². The zero-order chi connectivity index (χ0) is 21.1. The van der Waals surface area contributed by atoms with E-state index in [1.165, 1.54) is 29.2 Å². The number of nitrogens with zero attached hydrogens (tertiary/aromatic N) is 2. The first-order valence-electron chi connectivity index (χ1n) is 9.08. The summed E-state index contributed by atoms with van der Waals surface area (Å²) in [5.41, 5.74) is 2.90. The molecule has 1 aliphatic rings. The third-order valence-corrected chi connectivity index (χ3v) is 5.00. The van der Waals surface area contributed by atoms with E-state index >= 15 is 0 Å². The molecule has 1 heterocycles. The Hall–Kier alpha value is -3.55. The molecule has 8 heteroatoms. The second-order valence-corrected chi connectivity index (χ2v) is 7.01. The second kappa shape index (κ2) is 8.22. The molecule has 1 saturated heterocycles. The smallest absolute Gasteiger partial charge is 0.311 e. The molecule has 1 fully saturated rings. The molecule has 3 rings (SSSR count). The molecule has 2 aromatic carbocycles. The molecular weight excluding hydrogens is 376 g/mol. The Kier molecular flexibility index (Phi) is 5.72. The van der Waals surface area contributed by atoms with Crippen LogP contribution < -0.4 is 4.90 Å². The molecule has 8 nitrogen and oxygen atoms in total. The molecule has 1 aliphatic heterocycles. The molecule has 0 bridgehead atoms. The van der Waals surface area contributed by atoms with Gasteiger partial charge in [0.15, 0.2) is 12.4 Å². The van der Waals surface area contributed by atoms with Crippen molar-refractivity contribution in [2.75, 3.05) is 18.1 Å². The number of nitro groups is 1. The van der Waals surface area contributed by atoms with E-state index in [0.29, 0.717) is 11.3 Å². The lowest BCUT2D eigenvalue weighted by Crippen LogP contribution is -2.27. The van der Waals surface area contributed by atoms with Crippen LogP contribution in [0.25, 0.3) is 0 Å². The van der Waals surface area contributed by atoms with E-state index in [0.717, 1.165) is 11.1 Å². The van der Waals surface area contributed by atoms with Crippen LogP contribution in [0.1, 0.15) is 27.9 Å². The second-order valence-electron chi connectivity index (χ2n) is 7.01. The lowest BCUT2D eigenvalue weighted by atomic mass is 10.0. The number of hydrogen-bond acceptors (Lipinski definition) is 6. The summed E-state index contributed by atoms with van der Waals surface area (Å²) in [5, 5.41) is 10.7. The highest BCUT2D eigenvalue weighted by Crippen LogP contribution is 2.27. The number of esters is 1. The number of carbonyl (C=O) groups is 3. The first kappa shape index (κ1) is 20.2. The van der Waals surface area contributed by atoms with Crippen molar-refractivity contribution in [1.82, 2.24) is 0 Å². The third-order valence-electron chi connectivity index (χ3n) is 5.00. The molecule has 2 aromatic rings. The van der Waals surface area contributed by atoms with Gasteiger partial charge in [0.1, 0.15) is 0 Å². The average Bonchev–Trinajstić information content (AvgIpc) is 3.09. The van der Waals surface area contributed by atoms with Gasteiger partial charge < -0.3 is 9.64 Å². The number of benzene rings is 2. The zero-order valence-corrected chi connectivity index (χ0v) is 16.1. The molecule has 0 spiro atoms. The van der Waals surface area contributed by atoms with Crippen LogP contribution in [0.4, 0.5) is 11.4 Å². The van der Waals surface area contributed by atoms with Crippen molar-refractivity contribution in [3.8, 4) is 0 Å². The maximum absolute atomic E-state index is 12.3. The number of rotatable bonds is 6. The van der Waals surface area contributed by atoms with Crippen molar-refractivity contribution in [1.29, 1.82) is 0 Å². The highest BCUT2D eigenvalue weighted by Gasteiger charge is 2.36. The number of amides is 1. The topological polar surface area (TPSA) is 107 Å². The lowest BCUT2D eigenvalue weighted by Gasteiger charge is -2.16. The number of non-ortho nitro benzene ring substituents is 1. The maximum atomic E-state index is 12.3. The standard InChI is InChI=1S/C21H20N2O6/c1-13-3-4-15(9-14(13)2)19(24)12-29-21(26)16-10-20(25)22(11-16)17-5-7-18(8-6-17)23(27)28/h3-9,16H,10-12H2,1-2H3/t16-/m0/s1. The Labute approximate surface area is 167 Å². The van der Waals surface area contributed by atoms with Gasteiger partial charge >= 0.3 is 5.97 Å². The van der Waals surface area contributed by atoms with Crippen LogP contribution in [0.2, 0.25) is 0 Å². The van der Waals surface area contributed by atoms with E-state index in [4.69, 9.17) is 4.74 Å². The summed E-state index contributed by atoms with van der Waals surface area (Å²) in [4.78, 5) is 48.4. The number of ether oxygens (including phenoxy) is 1. The summed E-state index contributed by atoms with van der Waals surface area (Å²) >= 11 is 0. The zero-order valence-electron chi connectivity index (χ0n) is 16.1. The van der Waals surface area contributed by atoms with Crippen LogP contribution in [0.15, 0.2) is 42.5 Å². The number of ketones is 1. The molecule has 29 heavy (non-hydrogen) atoms. The number of nitro benzene ring substituents is 1. The van der Waals surface area contributed by atoms with Crippen LogP contribution in [0.5, 0.6) is 0 Å². The largest absolute Gasteiger partial charge is 0.457 e. The van der Waals surface area contributed by atoms with Gasteiger partial charge in [0, 0.05) is 36.3 Å². The van der Waals surface area contributed by atoms with Gasteiger partial charge in [-0.25, -0.2) is 0 Å². The quantitative estimate of drug-likeness (QED) is 0.322. The molecule has 0 N–H and O–H groups in total. The number of anilines is 1. The SMILES string of the molecule is Cc1ccc(C(=O)COC(=O)[C@H]2CC(=O)N(c3ccc([N+](=O)[O-])cc3)C2)cc1C. The highest BCUT2D eigenvalue weighted by atomic mass is 16.6. The molecule has 0 unspecified atom stereocenters.